The van der Waals surface area contributed by atoms with Gasteiger partial charge in [-0.3, -0.25) is 4.90 Å². The van der Waals surface area contributed by atoms with Crippen LogP contribution in [0.3, 0.4) is 0 Å². The molecule has 0 unspecified atom stereocenters. The van der Waals surface area contributed by atoms with Crippen LogP contribution in [0.1, 0.15) is 11.1 Å². The van der Waals surface area contributed by atoms with Gasteiger partial charge in [0.1, 0.15) is 12.4 Å². The molecule has 0 aliphatic carbocycles. The second-order valence-corrected chi connectivity index (χ2v) is 4.51. The minimum atomic E-state index is 0.722. The molecule has 1 saturated heterocycles. The quantitative estimate of drug-likeness (QED) is 0.793. The molecule has 1 aromatic carbocycles. The monoisotopic (exact) mass is 234 g/mol. The van der Waals surface area contributed by atoms with Crippen LogP contribution in [-0.4, -0.2) is 44.4 Å². The second-order valence-electron chi connectivity index (χ2n) is 4.51. The Labute approximate surface area is 103 Å². The van der Waals surface area contributed by atoms with Gasteiger partial charge in [-0.15, -0.1) is 0 Å². The first-order valence-corrected chi connectivity index (χ1v) is 6.17. The van der Waals surface area contributed by atoms with E-state index in [0.29, 0.717) is 0 Å². The summed E-state index contributed by atoms with van der Waals surface area (Å²) in [5.74, 6) is 0.857. The maximum atomic E-state index is 5.73. The summed E-state index contributed by atoms with van der Waals surface area (Å²) in [5, 5.41) is 0. The van der Waals surface area contributed by atoms with Crippen LogP contribution in [0.15, 0.2) is 12.1 Å². The minimum absolute atomic E-state index is 0.722. The summed E-state index contributed by atoms with van der Waals surface area (Å²) in [6, 6.07) is 7.36. The van der Waals surface area contributed by atoms with Gasteiger partial charge in [0.2, 0.25) is 0 Å². The highest BCUT2D eigenvalue weighted by Crippen LogP contribution is 2.15. The molecule has 1 aliphatic heterocycles. The van der Waals surface area contributed by atoms with Gasteiger partial charge in [0, 0.05) is 25.7 Å². The van der Waals surface area contributed by atoms with E-state index in [1.54, 1.807) is 0 Å². The fourth-order valence-electron chi connectivity index (χ4n) is 2.04. The third-order valence-corrected chi connectivity index (χ3v) is 2.89. The summed E-state index contributed by atoms with van der Waals surface area (Å²) in [6.45, 7) is 9.52. The summed E-state index contributed by atoms with van der Waals surface area (Å²) >= 11 is 0. The zero-order valence-corrected chi connectivity index (χ0v) is 10.7. The molecule has 1 aromatic rings. The molecule has 1 aliphatic rings. The first-order valence-electron chi connectivity index (χ1n) is 6.17. The van der Waals surface area contributed by atoms with Gasteiger partial charge in [0.25, 0.3) is 0 Å². The Morgan fingerprint density at radius 3 is 2.76 bits per heavy atom. The third kappa shape index (κ3) is 4.02. The first-order chi connectivity index (χ1) is 8.24. The van der Waals surface area contributed by atoms with Crippen LogP contribution in [-0.2, 0) is 4.74 Å². The smallest absolute Gasteiger partial charge is 0.127 e. The lowest BCUT2D eigenvalue weighted by Gasteiger charge is -2.26. The molecule has 17 heavy (non-hydrogen) atoms. The molecule has 0 amide bonds. The summed E-state index contributed by atoms with van der Waals surface area (Å²) in [6.07, 6.45) is 0. The van der Waals surface area contributed by atoms with Gasteiger partial charge in [-0.2, -0.15) is 0 Å². The van der Waals surface area contributed by atoms with Crippen LogP contribution in [0.2, 0.25) is 0 Å². The Kier molecular flexibility index (Phi) is 4.40. The van der Waals surface area contributed by atoms with Gasteiger partial charge >= 0.3 is 0 Å². The van der Waals surface area contributed by atoms with Crippen molar-refractivity contribution in [3.8, 4) is 5.75 Å². The molecule has 0 saturated carbocycles. The topological polar surface area (TPSA) is 21.7 Å². The minimum Gasteiger partial charge on any atom is -0.492 e. The van der Waals surface area contributed by atoms with E-state index in [1.165, 1.54) is 5.56 Å². The molecule has 93 valence electrons. The molecule has 0 spiro atoms. The van der Waals surface area contributed by atoms with Crippen LogP contribution in [0.4, 0.5) is 0 Å². The maximum Gasteiger partial charge on any atom is 0.127 e. The number of ether oxygens (including phenoxy) is 2. The Bertz CT molecular complexity index is 339. The normalized spacial score (nSPS) is 17.1. The average Bonchev–Trinajstić information content (AvgIpc) is 2.29. The van der Waals surface area contributed by atoms with Gasteiger partial charge < -0.3 is 9.47 Å². The van der Waals surface area contributed by atoms with Crippen LogP contribution in [0, 0.1) is 19.9 Å². The number of nitrogens with zero attached hydrogens (tertiary/aromatic N) is 1. The predicted octanol–water partition coefficient (Wildman–Crippen LogP) is 1.81. The van der Waals surface area contributed by atoms with E-state index in [0.717, 1.165) is 50.8 Å². The van der Waals surface area contributed by atoms with E-state index in [2.05, 4.69) is 24.0 Å². The zero-order chi connectivity index (χ0) is 12.1. The average molecular weight is 234 g/mol. The summed E-state index contributed by atoms with van der Waals surface area (Å²) in [5.41, 5.74) is 2.36. The highest BCUT2D eigenvalue weighted by atomic mass is 16.5. The van der Waals surface area contributed by atoms with E-state index in [1.807, 2.05) is 13.0 Å². The van der Waals surface area contributed by atoms with Crippen LogP contribution in [0.25, 0.3) is 0 Å². The number of rotatable bonds is 4. The highest BCUT2D eigenvalue weighted by Gasteiger charge is 2.09. The largest absolute Gasteiger partial charge is 0.492 e. The molecular weight excluding hydrogens is 214 g/mol. The van der Waals surface area contributed by atoms with Gasteiger partial charge in [-0.25, -0.2) is 0 Å². The second kappa shape index (κ2) is 6.03. The van der Waals surface area contributed by atoms with Crippen molar-refractivity contribution in [1.29, 1.82) is 0 Å². The maximum absolute atomic E-state index is 5.73. The lowest BCUT2D eigenvalue weighted by molar-refractivity contribution is 0.0322. The van der Waals surface area contributed by atoms with E-state index in [9.17, 15) is 0 Å². The number of morpholine rings is 1. The van der Waals surface area contributed by atoms with Crippen molar-refractivity contribution in [2.75, 3.05) is 39.5 Å². The molecule has 0 N–H and O–H groups in total. The molecule has 0 atom stereocenters. The number of benzene rings is 1. The van der Waals surface area contributed by atoms with Crippen LogP contribution >= 0.6 is 0 Å². The van der Waals surface area contributed by atoms with Gasteiger partial charge in [-0.05, 0) is 31.0 Å². The molecule has 2 rings (SSSR count). The Hall–Kier alpha value is -1.06. The van der Waals surface area contributed by atoms with Gasteiger partial charge in [0.05, 0.1) is 13.2 Å². The molecule has 3 heteroatoms. The lowest BCUT2D eigenvalue weighted by atomic mass is 10.1. The Morgan fingerprint density at radius 2 is 2.06 bits per heavy atom. The molecule has 1 heterocycles. The summed E-state index contributed by atoms with van der Waals surface area (Å²) in [7, 11) is 0. The molecule has 3 nitrogen and oxygen atoms in total. The summed E-state index contributed by atoms with van der Waals surface area (Å²) in [4.78, 5) is 2.37. The van der Waals surface area contributed by atoms with E-state index < -0.39 is 0 Å². The SMILES string of the molecule is Cc1[c]c(OCCN2CCOCC2)cc(C)c1. The highest BCUT2D eigenvalue weighted by molar-refractivity contribution is 5.31. The van der Waals surface area contributed by atoms with Crippen molar-refractivity contribution in [3.63, 3.8) is 0 Å². The van der Waals surface area contributed by atoms with Crippen molar-refractivity contribution in [2.24, 2.45) is 0 Å². The molecule has 0 aromatic heterocycles. The van der Waals surface area contributed by atoms with Crippen LogP contribution < -0.4 is 4.74 Å². The van der Waals surface area contributed by atoms with Gasteiger partial charge in [-0.1, -0.05) is 6.07 Å². The van der Waals surface area contributed by atoms with E-state index in [4.69, 9.17) is 9.47 Å². The fourth-order valence-corrected chi connectivity index (χ4v) is 2.04. The fraction of sp³-hybridized carbons (Fsp3) is 0.571. The first kappa shape index (κ1) is 12.4. The number of hydrogen-bond acceptors (Lipinski definition) is 3. The van der Waals surface area contributed by atoms with E-state index >= 15 is 0 Å². The standard InChI is InChI=1S/C14H20NO2/c1-12-9-13(2)11-14(10-12)17-8-5-15-3-6-16-7-4-15/h9-10H,3-8H2,1-2H3. The van der Waals surface area contributed by atoms with Crippen molar-refractivity contribution in [2.45, 2.75) is 13.8 Å². The number of hydrogen-bond donors (Lipinski definition) is 0. The molecule has 1 radical (unpaired) electrons. The van der Waals surface area contributed by atoms with Gasteiger partial charge in [0.15, 0.2) is 0 Å². The molecule has 0 bridgehead atoms. The molecule has 1 fully saturated rings. The zero-order valence-electron chi connectivity index (χ0n) is 10.7. The lowest BCUT2D eigenvalue weighted by Crippen LogP contribution is -2.38. The summed E-state index contributed by atoms with van der Waals surface area (Å²) < 4.78 is 11.0. The Morgan fingerprint density at radius 1 is 1.29 bits per heavy atom. The Balaban J connectivity index is 1.77. The van der Waals surface area contributed by atoms with Crippen LogP contribution in [0.5, 0.6) is 5.75 Å². The van der Waals surface area contributed by atoms with Crippen molar-refractivity contribution >= 4 is 0 Å². The van der Waals surface area contributed by atoms with E-state index in [-0.39, 0.29) is 0 Å². The van der Waals surface area contributed by atoms with Crippen molar-refractivity contribution in [1.82, 2.24) is 4.90 Å². The van der Waals surface area contributed by atoms with Crippen molar-refractivity contribution < 1.29 is 9.47 Å². The molecular formula is C14H20NO2. The van der Waals surface area contributed by atoms with Crippen molar-refractivity contribution in [3.05, 3.63) is 29.3 Å². The number of aryl methyl sites for hydroxylation is 2. The third-order valence-electron chi connectivity index (χ3n) is 2.89. The predicted molar refractivity (Wildman–Crippen MR) is 67.5 cm³/mol.